The van der Waals surface area contributed by atoms with Crippen LogP contribution in [0.15, 0.2) is 73.7 Å². The summed E-state index contributed by atoms with van der Waals surface area (Å²) in [5.41, 5.74) is 40.7. The van der Waals surface area contributed by atoms with Crippen molar-refractivity contribution in [1.82, 2.24) is 0 Å². The molecule has 2 aromatic rings. The Bertz CT molecular complexity index is 1560. The molecule has 0 amide bonds. The molecule has 27 heteroatoms. The minimum absolute atomic E-state index is 0.0149. The molecule has 0 fully saturated rings. The first-order valence-corrected chi connectivity index (χ1v) is 21.3. The second kappa shape index (κ2) is 45.3. The maximum Gasteiger partial charge on any atom is 0.297 e. The monoisotopic (exact) mass is 910 g/mol. The number of hydrogen-bond acceptors (Lipinski definition) is 19. The highest BCUT2D eigenvalue weighted by molar-refractivity contribution is 7.87. The number of nitrogens with two attached hydrogens (primary N) is 3. The summed E-state index contributed by atoms with van der Waals surface area (Å²) in [6.45, 7) is 9.67. The number of aliphatic hydroxyl groups is 2. The fraction of sp³-hybridized carbons (Fsp3) is 0.647. The Hall–Kier alpha value is -4.21. The average molecular weight is 911 g/mol. The summed E-state index contributed by atoms with van der Waals surface area (Å²) < 4.78 is 82.1. The van der Waals surface area contributed by atoms with Crippen LogP contribution in [-0.2, 0) is 52.3 Å². The first-order valence-electron chi connectivity index (χ1n) is 18.5. The van der Waals surface area contributed by atoms with E-state index in [0.29, 0.717) is 92.1 Å². The number of nitrogens with zero attached hydrogens (tertiary/aromatic N) is 9. The number of azide groups is 3. The number of aryl methyl sites for hydroxylation is 2. The number of ether oxygens (including phenoxy) is 5. The zero-order valence-corrected chi connectivity index (χ0v) is 36.4. The summed E-state index contributed by atoms with van der Waals surface area (Å²) in [5.74, 6) is 0. The van der Waals surface area contributed by atoms with E-state index in [-0.39, 0.29) is 49.4 Å². The number of benzene rings is 2. The van der Waals surface area contributed by atoms with Gasteiger partial charge in [-0.15, -0.1) is 0 Å². The summed E-state index contributed by atoms with van der Waals surface area (Å²) >= 11 is 0. The van der Waals surface area contributed by atoms with Gasteiger partial charge in [-0.05, 0) is 54.7 Å². The summed E-state index contributed by atoms with van der Waals surface area (Å²) in [7, 11) is -7.68. The minimum atomic E-state index is -3.84. The fourth-order valence-electron chi connectivity index (χ4n) is 3.29. The molecule has 0 heterocycles. The second-order valence-electron chi connectivity index (χ2n) is 10.9. The van der Waals surface area contributed by atoms with E-state index < -0.39 is 20.2 Å². The van der Waals surface area contributed by atoms with Crippen LogP contribution in [0.25, 0.3) is 31.3 Å². The lowest BCUT2D eigenvalue weighted by molar-refractivity contribution is 0.0650. The molecule has 0 atom stereocenters. The van der Waals surface area contributed by atoms with Crippen LogP contribution in [0, 0.1) is 13.8 Å². The van der Waals surface area contributed by atoms with Gasteiger partial charge in [0, 0.05) is 54.0 Å². The van der Waals surface area contributed by atoms with E-state index >= 15 is 0 Å². The van der Waals surface area contributed by atoms with Crippen molar-refractivity contribution in [2.45, 2.75) is 23.6 Å². The number of aliphatic hydroxyl groups excluding tert-OH is 2. The molecule has 8 N–H and O–H groups in total. The zero-order valence-electron chi connectivity index (χ0n) is 34.7. The van der Waals surface area contributed by atoms with Crippen LogP contribution >= 0.6 is 0 Å². The van der Waals surface area contributed by atoms with Gasteiger partial charge in [-0.2, -0.15) is 16.8 Å². The van der Waals surface area contributed by atoms with Crippen LogP contribution in [0.3, 0.4) is 0 Å². The Morgan fingerprint density at radius 3 is 1.05 bits per heavy atom. The molecule has 0 radical (unpaired) electrons. The SMILES string of the molecule is Cc1ccc(S(=O)(=O)OCCOCCOS(=O)(=O)c2ccc(C)cc2)cc1.NCCOCCN.OCCOCCO.[N-]=[N+]=NCCOCCN.[N-]=[N+]=NCCOCCN=[N+]=[N-]. The van der Waals surface area contributed by atoms with E-state index in [9.17, 15) is 16.8 Å². The lowest BCUT2D eigenvalue weighted by Crippen LogP contribution is -2.15. The first kappa shape index (κ1) is 61.1. The van der Waals surface area contributed by atoms with Crippen molar-refractivity contribution in [2.75, 3.05) is 132 Å². The van der Waals surface area contributed by atoms with Crippen molar-refractivity contribution >= 4 is 20.2 Å². The highest BCUT2D eigenvalue weighted by Crippen LogP contribution is 2.14. The maximum absolute atomic E-state index is 12.0. The van der Waals surface area contributed by atoms with Crippen molar-refractivity contribution in [1.29, 1.82) is 0 Å². The molecule has 0 aromatic heterocycles. The van der Waals surface area contributed by atoms with Crippen molar-refractivity contribution < 1.29 is 59.1 Å². The van der Waals surface area contributed by atoms with E-state index in [1.54, 1.807) is 24.3 Å². The van der Waals surface area contributed by atoms with Gasteiger partial charge in [0.25, 0.3) is 20.2 Å². The van der Waals surface area contributed by atoms with Crippen LogP contribution < -0.4 is 17.2 Å². The van der Waals surface area contributed by atoms with Gasteiger partial charge < -0.3 is 51.1 Å². The Labute approximate surface area is 357 Å². The van der Waals surface area contributed by atoms with Crippen LogP contribution in [0.2, 0.25) is 0 Å². The molecule has 0 aliphatic heterocycles. The van der Waals surface area contributed by atoms with E-state index in [4.69, 9.17) is 71.3 Å². The molecule has 0 aliphatic carbocycles. The molecular formula is C34H62N12O13S2. The Kier molecular flexibility index (Phi) is 45.4. The highest BCUT2D eigenvalue weighted by atomic mass is 32.2. The highest BCUT2D eigenvalue weighted by Gasteiger charge is 2.16. The number of rotatable bonds is 29. The van der Waals surface area contributed by atoms with Gasteiger partial charge in [0.15, 0.2) is 0 Å². The normalized spacial score (nSPS) is 10.3. The van der Waals surface area contributed by atoms with Crippen molar-refractivity contribution in [3.05, 3.63) is 91.0 Å². The van der Waals surface area contributed by atoms with E-state index in [1.165, 1.54) is 24.3 Å². The zero-order chi connectivity index (χ0) is 46.3. The summed E-state index contributed by atoms with van der Waals surface area (Å²) in [5, 5.41) is 25.9. The van der Waals surface area contributed by atoms with Crippen molar-refractivity contribution in [3.8, 4) is 0 Å². The molecular weight excluding hydrogens is 849 g/mol. The third-order valence-electron chi connectivity index (χ3n) is 6.01. The van der Waals surface area contributed by atoms with Crippen molar-refractivity contribution in [3.63, 3.8) is 0 Å². The lowest BCUT2D eigenvalue weighted by Gasteiger charge is -2.08. The molecule has 0 unspecified atom stereocenters. The van der Waals surface area contributed by atoms with Crippen LogP contribution in [0.5, 0.6) is 0 Å². The molecule has 0 saturated carbocycles. The molecule has 348 valence electrons. The summed E-state index contributed by atoms with van der Waals surface area (Å²) in [6, 6.07) is 12.6. The molecule has 2 rings (SSSR count). The second-order valence-corrected chi connectivity index (χ2v) is 14.1. The summed E-state index contributed by atoms with van der Waals surface area (Å²) in [6.07, 6.45) is 0. The molecule has 0 bridgehead atoms. The number of hydrogen-bond donors (Lipinski definition) is 5. The Balaban J connectivity index is -0.000000812. The molecule has 0 aliphatic rings. The molecule has 0 spiro atoms. The predicted molar refractivity (Wildman–Crippen MR) is 226 cm³/mol. The van der Waals surface area contributed by atoms with E-state index in [1.807, 2.05) is 13.8 Å². The van der Waals surface area contributed by atoms with Crippen LogP contribution in [0.4, 0.5) is 0 Å². The molecule has 2 aromatic carbocycles. The first-order chi connectivity index (χ1) is 29.4. The smallest absolute Gasteiger partial charge is 0.297 e. The molecule has 0 saturated heterocycles. The molecule has 25 nitrogen and oxygen atoms in total. The van der Waals surface area contributed by atoms with Crippen LogP contribution in [-0.4, -0.2) is 159 Å². The van der Waals surface area contributed by atoms with Gasteiger partial charge >= 0.3 is 0 Å². The minimum Gasteiger partial charge on any atom is -0.394 e. The van der Waals surface area contributed by atoms with Gasteiger partial charge in [-0.1, -0.05) is 50.7 Å². The molecule has 61 heavy (non-hydrogen) atoms. The van der Waals surface area contributed by atoms with Gasteiger partial charge in [0.2, 0.25) is 0 Å². The average Bonchev–Trinajstić information content (AvgIpc) is 3.25. The third kappa shape index (κ3) is 42.3. The predicted octanol–water partition coefficient (Wildman–Crippen LogP) is 2.23. The van der Waals surface area contributed by atoms with Gasteiger partial charge in [0.05, 0.1) is 102 Å². The quantitative estimate of drug-likeness (QED) is 0.0257. The Morgan fingerprint density at radius 2 is 0.754 bits per heavy atom. The summed E-state index contributed by atoms with van der Waals surface area (Å²) in [4.78, 5) is 7.75. The van der Waals surface area contributed by atoms with Crippen molar-refractivity contribution in [2.24, 2.45) is 32.5 Å². The third-order valence-corrected chi connectivity index (χ3v) is 8.66. The Morgan fingerprint density at radius 1 is 0.475 bits per heavy atom. The fourth-order valence-corrected chi connectivity index (χ4v) is 5.08. The standard InChI is InChI=1S/C18H22O7S2.C4H8N6O.C4H10N4O.C4H12N2O.C4H10O3/c1-15-3-7-17(8-4-15)26(19,20)24-13-11-23-12-14-25-27(21,22)18-9-5-16(2)6-10-18;5-9-7-1-3-11-4-2-8-10-6;5-1-3-9-4-2-7-8-6;2*5-1-3-7-4-2-6/h3-10H,11-14H2,1-2H3;1-4H2;1-5H2;1-6H2;5-6H,1-4H2. The van der Waals surface area contributed by atoms with Gasteiger partial charge in [0.1, 0.15) is 0 Å². The van der Waals surface area contributed by atoms with E-state index in [2.05, 4.69) is 34.8 Å². The topological polar surface area (TPSA) is 398 Å². The van der Waals surface area contributed by atoms with Gasteiger partial charge in [-0.25, -0.2) is 0 Å². The largest absolute Gasteiger partial charge is 0.394 e. The van der Waals surface area contributed by atoms with Crippen LogP contribution in [0.1, 0.15) is 11.1 Å². The lowest BCUT2D eigenvalue weighted by atomic mass is 10.2. The van der Waals surface area contributed by atoms with Gasteiger partial charge in [-0.3, -0.25) is 8.37 Å². The van der Waals surface area contributed by atoms with E-state index in [0.717, 1.165) is 11.1 Å². The maximum atomic E-state index is 12.0.